The van der Waals surface area contributed by atoms with Gasteiger partial charge in [-0.05, 0) is 48.4 Å². The summed E-state index contributed by atoms with van der Waals surface area (Å²) < 4.78 is 17.5. The second-order valence-electron chi connectivity index (χ2n) is 4.65. The maximum atomic E-state index is 12.4. The van der Waals surface area contributed by atoms with Crippen LogP contribution in [0, 0.1) is 18.3 Å². The van der Waals surface area contributed by atoms with Crippen molar-refractivity contribution in [2.24, 2.45) is 0 Å². The Hall–Kier alpha value is -2.32. The summed E-state index contributed by atoms with van der Waals surface area (Å²) in [6.45, 7) is 1.89. The van der Waals surface area contributed by atoms with E-state index in [0.29, 0.717) is 22.8 Å². The molecule has 2 N–H and O–H groups in total. The van der Waals surface area contributed by atoms with Crippen molar-refractivity contribution in [2.75, 3.05) is 12.8 Å². The number of nitrogens with two attached hydrogens (primary N) is 1. The van der Waals surface area contributed by atoms with Gasteiger partial charge in [0.05, 0.1) is 29.2 Å². The predicted octanol–water partition coefficient (Wildman–Crippen LogP) is 2.77. The smallest absolute Gasteiger partial charge is 0.136 e. The monoisotopic (exact) mass is 300 g/mol. The lowest BCUT2D eigenvalue weighted by atomic mass is 10.1. The molecule has 2 aromatic rings. The third kappa shape index (κ3) is 3.41. The first-order chi connectivity index (χ1) is 10.0. The number of aryl methyl sites for hydroxylation is 1. The summed E-state index contributed by atoms with van der Waals surface area (Å²) in [6, 6.07) is 12.7. The minimum Gasteiger partial charge on any atom is -0.495 e. The average molecular weight is 300 g/mol. The highest BCUT2D eigenvalue weighted by Crippen LogP contribution is 2.22. The maximum Gasteiger partial charge on any atom is 0.136 e. The Morgan fingerprint density at radius 2 is 2.05 bits per heavy atom. The zero-order valence-corrected chi connectivity index (χ0v) is 12.7. The van der Waals surface area contributed by atoms with Gasteiger partial charge in [0.25, 0.3) is 0 Å². The molecule has 2 rings (SSSR count). The molecule has 0 spiro atoms. The van der Waals surface area contributed by atoms with Crippen LogP contribution in [0.15, 0.2) is 41.3 Å². The van der Waals surface area contributed by atoms with Crippen molar-refractivity contribution in [3.05, 3.63) is 53.1 Å². The largest absolute Gasteiger partial charge is 0.495 e. The molecule has 0 aliphatic carbocycles. The first-order valence-electron chi connectivity index (χ1n) is 6.36. The number of rotatable bonds is 4. The molecular weight excluding hydrogens is 284 g/mol. The van der Waals surface area contributed by atoms with Crippen molar-refractivity contribution >= 4 is 16.5 Å². The van der Waals surface area contributed by atoms with Crippen molar-refractivity contribution in [3.63, 3.8) is 0 Å². The van der Waals surface area contributed by atoms with Gasteiger partial charge in [-0.25, -0.2) is 0 Å². The molecule has 0 saturated carbocycles. The van der Waals surface area contributed by atoms with Crippen LogP contribution in [0.5, 0.6) is 5.75 Å². The highest BCUT2D eigenvalue weighted by molar-refractivity contribution is 7.84. The summed E-state index contributed by atoms with van der Waals surface area (Å²) >= 11 is 0. The van der Waals surface area contributed by atoms with Crippen LogP contribution in [-0.4, -0.2) is 11.3 Å². The Morgan fingerprint density at radius 3 is 2.67 bits per heavy atom. The fraction of sp³-hybridized carbons (Fsp3) is 0.188. The molecule has 0 aromatic heterocycles. The molecule has 0 bridgehead atoms. The van der Waals surface area contributed by atoms with E-state index in [0.717, 1.165) is 16.0 Å². The van der Waals surface area contributed by atoms with Gasteiger partial charge in [-0.3, -0.25) is 4.21 Å². The SMILES string of the molecule is COc1ccc(CS(=O)c2ccc(N)c(C)c2)cc1C#N. The number of nitriles is 1. The van der Waals surface area contributed by atoms with Gasteiger partial charge in [-0.1, -0.05) is 6.07 Å². The van der Waals surface area contributed by atoms with E-state index in [1.807, 2.05) is 19.1 Å². The highest BCUT2D eigenvalue weighted by Gasteiger charge is 2.09. The number of anilines is 1. The minimum absolute atomic E-state index is 0.349. The zero-order chi connectivity index (χ0) is 15.4. The van der Waals surface area contributed by atoms with E-state index >= 15 is 0 Å². The molecule has 108 valence electrons. The molecule has 4 nitrogen and oxygen atoms in total. The first-order valence-corrected chi connectivity index (χ1v) is 7.68. The van der Waals surface area contributed by atoms with Gasteiger partial charge >= 0.3 is 0 Å². The molecule has 21 heavy (non-hydrogen) atoms. The molecule has 0 saturated heterocycles. The number of hydrogen-bond donors (Lipinski definition) is 1. The standard InChI is InChI=1S/C16H16N2O2S/c1-11-7-14(4-5-15(11)18)21(19)10-12-3-6-16(20-2)13(8-12)9-17/h3-8H,10,18H2,1-2H3. The zero-order valence-electron chi connectivity index (χ0n) is 11.9. The van der Waals surface area contributed by atoms with E-state index in [-0.39, 0.29) is 0 Å². The second kappa shape index (κ2) is 6.42. The number of benzene rings is 2. The molecule has 0 amide bonds. The topological polar surface area (TPSA) is 76.1 Å². The molecule has 5 heteroatoms. The van der Waals surface area contributed by atoms with Gasteiger partial charge in [0, 0.05) is 10.6 Å². The van der Waals surface area contributed by atoms with Gasteiger partial charge < -0.3 is 10.5 Å². The Morgan fingerprint density at radius 1 is 1.29 bits per heavy atom. The first kappa shape index (κ1) is 15.1. The molecular formula is C16H16N2O2S. The van der Waals surface area contributed by atoms with Gasteiger partial charge in [-0.15, -0.1) is 0 Å². The van der Waals surface area contributed by atoms with Crippen LogP contribution >= 0.6 is 0 Å². The highest BCUT2D eigenvalue weighted by atomic mass is 32.2. The molecule has 1 atom stereocenters. The molecule has 0 aliphatic heterocycles. The van der Waals surface area contributed by atoms with Gasteiger partial charge in [0.15, 0.2) is 0 Å². The summed E-state index contributed by atoms with van der Waals surface area (Å²) in [4.78, 5) is 0.732. The Balaban J connectivity index is 2.23. The lowest BCUT2D eigenvalue weighted by Gasteiger charge is -2.07. The van der Waals surface area contributed by atoms with Crippen LogP contribution in [0.25, 0.3) is 0 Å². The van der Waals surface area contributed by atoms with Crippen molar-refractivity contribution in [1.82, 2.24) is 0 Å². The van der Waals surface area contributed by atoms with Crippen LogP contribution in [-0.2, 0) is 16.6 Å². The average Bonchev–Trinajstić information content (AvgIpc) is 2.49. The summed E-state index contributed by atoms with van der Waals surface area (Å²) in [5.41, 5.74) is 8.64. The fourth-order valence-electron chi connectivity index (χ4n) is 1.96. The molecule has 0 heterocycles. The van der Waals surface area contributed by atoms with E-state index in [1.54, 1.807) is 24.3 Å². The summed E-state index contributed by atoms with van der Waals surface area (Å²) in [5, 5.41) is 9.07. The van der Waals surface area contributed by atoms with Crippen LogP contribution in [0.4, 0.5) is 5.69 Å². The van der Waals surface area contributed by atoms with E-state index < -0.39 is 10.8 Å². The number of nitrogen functional groups attached to an aromatic ring is 1. The second-order valence-corrected chi connectivity index (χ2v) is 6.11. The molecule has 1 unspecified atom stereocenters. The van der Waals surface area contributed by atoms with Gasteiger partial charge in [-0.2, -0.15) is 5.26 Å². The van der Waals surface area contributed by atoms with Crippen LogP contribution in [0.1, 0.15) is 16.7 Å². The Bertz CT molecular complexity index is 736. The van der Waals surface area contributed by atoms with Crippen molar-refractivity contribution in [1.29, 1.82) is 5.26 Å². The summed E-state index contributed by atoms with van der Waals surface area (Å²) in [5.74, 6) is 0.873. The molecule has 2 aromatic carbocycles. The van der Waals surface area contributed by atoms with Crippen molar-refractivity contribution < 1.29 is 8.95 Å². The molecule has 0 radical (unpaired) electrons. The van der Waals surface area contributed by atoms with Crippen LogP contribution < -0.4 is 10.5 Å². The minimum atomic E-state index is -1.18. The third-order valence-corrected chi connectivity index (χ3v) is 4.56. The Labute approximate surface area is 126 Å². The molecule has 0 fully saturated rings. The normalized spacial score (nSPS) is 11.7. The third-order valence-electron chi connectivity index (χ3n) is 3.19. The van der Waals surface area contributed by atoms with Crippen LogP contribution in [0.2, 0.25) is 0 Å². The predicted molar refractivity (Wildman–Crippen MR) is 83.4 cm³/mol. The lowest BCUT2D eigenvalue weighted by Crippen LogP contribution is -1.99. The quantitative estimate of drug-likeness (QED) is 0.881. The number of hydrogen-bond acceptors (Lipinski definition) is 4. The maximum absolute atomic E-state index is 12.4. The van der Waals surface area contributed by atoms with E-state index in [1.165, 1.54) is 7.11 Å². The van der Waals surface area contributed by atoms with Gasteiger partial charge in [0.2, 0.25) is 0 Å². The van der Waals surface area contributed by atoms with Crippen molar-refractivity contribution in [2.45, 2.75) is 17.6 Å². The van der Waals surface area contributed by atoms with E-state index in [2.05, 4.69) is 6.07 Å². The molecule has 0 aliphatic rings. The number of nitrogens with zero attached hydrogens (tertiary/aromatic N) is 1. The Kier molecular flexibility index (Phi) is 4.61. The van der Waals surface area contributed by atoms with E-state index in [4.69, 9.17) is 15.7 Å². The van der Waals surface area contributed by atoms with Crippen molar-refractivity contribution in [3.8, 4) is 11.8 Å². The van der Waals surface area contributed by atoms with Crippen LogP contribution in [0.3, 0.4) is 0 Å². The number of ether oxygens (including phenoxy) is 1. The number of methoxy groups -OCH3 is 1. The van der Waals surface area contributed by atoms with E-state index in [9.17, 15) is 4.21 Å². The summed E-state index contributed by atoms with van der Waals surface area (Å²) in [7, 11) is 0.341. The summed E-state index contributed by atoms with van der Waals surface area (Å²) in [6.07, 6.45) is 0. The lowest BCUT2D eigenvalue weighted by molar-refractivity contribution is 0.413. The fourth-order valence-corrected chi connectivity index (χ4v) is 3.13. The van der Waals surface area contributed by atoms with Gasteiger partial charge in [0.1, 0.15) is 11.8 Å².